The molecule has 0 aliphatic heterocycles. The quantitative estimate of drug-likeness (QED) is 0.642. The molecule has 1 amide bonds. The van der Waals surface area contributed by atoms with E-state index in [4.69, 9.17) is 5.11 Å². The number of nitrogens with one attached hydrogen (secondary N) is 2. The zero-order chi connectivity index (χ0) is 15.7. The van der Waals surface area contributed by atoms with Crippen molar-refractivity contribution in [3.05, 3.63) is 47.5 Å². The van der Waals surface area contributed by atoms with Gasteiger partial charge in [-0.2, -0.15) is 13.1 Å². The van der Waals surface area contributed by atoms with E-state index < -0.39 is 16.3 Å². The Morgan fingerprint density at radius 3 is 2.62 bits per heavy atom. The van der Waals surface area contributed by atoms with Crippen LogP contribution in [0.5, 0.6) is 0 Å². The molecule has 0 aromatic heterocycles. The number of hydrogen-bond donors (Lipinski definition) is 3. The second kappa shape index (κ2) is 8.40. The number of aliphatic hydroxyl groups excluding tert-OH is 1. The lowest BCUT2D eigenvalue weighted by atomic mass is 10.2. The Labute approximate surface area is 123 Å². The van der Waals surface area contributed by atoms with Gasteiger partial charge in [-0.05, 0) is 24.1 Å². The zero-order valence-electron chi connectivity index (χ0n) is 11.6. The summed E-state index contributed by atoms with van der Waals surface area (Å²) in [5.41, 5.74) is 1.38. The van der Waals surface area contributed by atoms with Crippen molar-refractivity contribution in [2.24, 2.45) is 0 Å². The molecule has 1 rings (SSSR count). The molecule has 0 bridgehead atoms. The van der Waals surface area contributed by atoms with Crippen molar-refractivity contribution >= 4 is 16.3 Å². The third-order valence-corrected chi connectivity index (χ3v) is 3.38. The lowest BCUT2D eigenvalue weighted by Gasteiger charge is -2.08. The molecule has 21 heavy (non-hydrogen) atoms. The van der Waals surface area contributed by atoms with Gasteiger partial charge in [0, 0.05) is 6.54 Å². The Balaban J connectivity index is 2.40. The summed E-state index contributed by atoms with van der Waals surface area (Å²) in [5.74, 6) is 0. The lowest BCUT2D eigenvalue weighted by Crippen LogP contribution is -2.40. The first-order valence-corrected chi connectivity index (χ1v) is 7.66. The Kier molecular flexibility index (Phi) is 6.86. The number of hydrogen-bond acceptors (Lipinski definition) is 5. The standard InChI is InChI=1S/C13H18N2O5S/c1-11(10-16)7-8-20-13(17)15-21(18,19)14-9-12-5-3-2-4-6-12/h2-7,14,16H,8-10H2,1H3,(H,15,17)/b11-7+. The molecule has 0 saturated heterocycles. The van der Waals surface area contributed by atoms with Crippen molar-refractivity contribution in [3.8, 4) is 0 Å². The van der Waals surface area contributed by atoms with Gasteiger partial charge < -0.3 is 9.84 Å². The largest absolute Gasteiger partial charge is 0.445 e. The number of rotatable bonds is 7. The fourth-order valence-corrected chi connectivity index (χ4v) is 1.98. The molecule has 1 aromatic rings. The van der Waals surface area contributed by atoms with E-state index >= 15 is 0 Å². The molecule has 0 aliphatic carbocycles. The highest BCUT2D eigenvalue weighted by molar-refractivity contribution is 7.88. The molecule has 0 heterocycles. The van der Waals surface area contributed by atoms with E-state index in [1.807, 2.05) is 6.07 Å². The summed E-state index contributed by atoms with van der Waals surface area (Å²) in [6, 6.07) is 8.88. The third kappa shape index (κ3) is 7.45. The average molecular weight is 314 g/mol. The lowest BCUT2D eigenvalue weighted by molar-refractivity contribution is 0.164. The first-order chi connectivity index (χ1) is 9.93. The van der Waals surface area contributed by atoms with Gasteiger partial charge in [0.05, 0.1) is 6.61 Å². The Morgan fingerprint density at radius 2 is 2.00 bits per heavy atom. The predicted octanol–water partition coefficient (Wildman–Crippen LogP) is 0.686. The number of ether oxygens (including phenoxy) is 1. The van der Waals surface area contributed by atoms with Gasteiger partial charge in [0.2, 0.25) is 0 Å². The van der Waals surface area contributed by atoms with E-state index in [2.05, 4.69) is 9.46 Å². The molecule has 0 aliphatic rings. The van der Waals surface area contributed by atoms with E-state index in [1.165, 1.54) is 6.08 Å². The van der Waals surface area contributed by atoms with Gasteiger partial charge in [0.15, 0.2) is 0 Å². The van der Waals surface area contributed by atoms with Crippen LogP contribution in [0.15, 0.2) is 42.0 Å². The van der Waals surface area contributed by atoms with Crippen molar-refractivity contribution in [2.45, 2.75) is 13.5 Å². The Hall–Kier alpha value is -1.90. The highest BCUT2D eigenvalue weighted by Crippen LogP contribution is 1.98. The van der Waals surface area contributed by atoms with Crippen molar-refractivity contribution < 1.29 is 23.1 Å². The van der Waals surface area contributed by atoms with Crippen LogP contribution in [0.1, 0.15) is 12.5 Å². The molecular weight excluding hydrogens is 296 g/mol. The number of carbonyl (C=O) groups is 1. The molecule has 0 unspecified atom stereocenters. The minimum Gasteiger partial charge on any atom is -0.445 e. The maximum absolute atomic E-state index is 11.6. The van der Waals surface area contributed by atoms with Crippen LogP contribution in [0.2, 0.25) is 0 Å². The third-order valence-electron chi connectivity index (χ3n) is 2.42. The molecule has 8 heteroatoms. The van der Waals surface area contributed by atoms with Crippen molar-refractivity contribution in [1.82, 2.24) is 9.44 Å². The van der Waals surface area contributed by atoms with Gasteiger partial charge in [-0.15, -0.1) is 0 Å². The van der Waals surface area contributed by atoms with Gasteiger partial charge in [0.1, 0.15) is 6.61 Å². The van der Waals surface area contributed by atoms with Crippen molar-refractivity contribution in [2.75, 3.05) is 13.2 Å². The van der Waals surface area contributed by atoms with Crippen LogP contribution in [0.25, 0.3) is 0 Å². The van der Waals surface area contributed by atoms with Gasteiger partial charge in [-0.25, -0.2) is 9.52 Å². The molecule has 3 N–H and O–H groups in total. The summed E-state index contributed by atoms with van der Waals surface area (Å²) in [6.07, 6.45) is 0.390. The molecule has 1 aromatic carbocycles. The van der Waals surface area contributed by atoms with E-state index in [0.717, 1.165) is 5.56 Å². The molecule has 116 valence electrons. The average Bonchev–Trinajstić information content (AvgIpc) is 2.45. The summed E-state index contributed by atoms with van der Waals surface area (Å²) in [4.78, 5) is 11.3. The number of amides is 1. The predicted molar refractivity (Wildman–Crippen MR) is 77.5 cm³/mol. The summed E-state index contributed by atoms with van der Waals surface area (Å²) < 4.78 is 31.8. The molecular formula is C13H18N2O5S. The minimum absolute atomic E-state index is 0.0625. The number of carbonyl (C=O) groups excluding carboxylic acids is 1. The Bertz CT molecular complexity index is 584. The van der Waals surface area contributed by atoms with Gasteiger partial charge in [0.25, 0.3) is 0 Å². The molecule has 0 spiro atoms. The number of aliphatic hydroxyl groups is 1. The highest BCUT2D eigenvalue weighted by Gasteiger charge is 2.14. The summed E-state index contributed by atoms with van der Waals surface area (Å²) in [5, 5.41) is 8.73. The number of benzene rings is 1. The van der Waals surface area contributed by atoms with Crippen LogP contribution < -0.4 is 9.44 Å². The summed E-state index contributed by atoms with van der Waals surface area (Å²) >= 11 is 0. The van der Waals surface area contributed by atoms with E-state index in [1.54, 1.807) is 35.9 Å². The van der Waals surface area contributed by atoms with E-state index in [-0.39, 0.29) is 19.8 Å². The van der Waals surface area contributed by atoms with Crippen LogP contribution >= 0.6 is 0 Å². The first kappa shape index (κ1) is 17.2. The van der Waals surface area contributed by atoms with Crippen LogP contribution in [-0.4, -0.2) is 32.8 Å². The monoisotopic (exact) mass is 314 g/mol. The summed E-state index contributed by atoms with van der Waals surface area (Å²) in [6.45, 7) is 1.45. The van der Waals surface area contributed by atoms with Crippen molar-refractivity contribution in [3.63, 3.8) is 0 Å². The molecule has 0 saturated carbocycles. The second-order valence-corrected chi connectivity index (χ2v) is 5.72. The van der Waals surface area contributed by atoms with Crippen LogP contribution in [0.4, 0.5) is 4.79 Å². The molecule has 0 atom stereocenters. The topological polar surface area (TPSA) is 105 Å². The normalized spacial score (nSPS) is 12.0. The highest BCUT2D eigenvalue weighted by atomic mass is 32.2. The fraction of sp³-hybridized carbons (Fsp3) is 0.308. The van der Waals surface area contributed by atoms with Crippen LogP contribution in [0.3, 0.4) is 0 Å². The maximum Gasteiger partial charge on any atom is 0.422 e. The van der Waals surface area contributed by atoms with Gasteiger partial charge in [-0.1, -0.05) is 30.3 Å². The molecule has 7 nitrogen and oxygen atoms in total. The Morgan fingerprint density at radius 1 is 1.33 bits per heavy atom. The van der Waals surface area contributed by atoms with E-state index in [9.17, 15) is 13.2 Å². The first-order valence-electron chi connectivity index (χ1n) is 6.17. The maximum atomic E-state index is 11.6. The van der Waals surface area contributed by atoms with Gasteiger partial charge >= 0.3 is 16.3 Å². The smallest absolute Gasteiger partial charge is 0.422 e. The van der Waals surface area contributed by atoms with Crippen molar-refractivity contribution in [1.29, 1.82) is 0 Å². The summed E-state index contributed by atoms with van der Waals surface area (Å²) in [7, 11) is -3.98. The minimum atomic E-state index is -3.98. The van der Waals surface area contributed by atoms with Crippen LogP contribution in [0, 0.1) is 0 Å². The van der Waals surface area contributed by atoms with Crippen LogP contribution in [-0.2, 0) is 21.5 Å². The second-order valence-electron chi connectivity index (χ2n) is 4.22. The zero-order valence-corrected chi connectivity index (χ0v) is 12.4. The van der Waals surface area contributed by atoms with E-state index in [0.29, 0.717) is 5.57 Å². The molecule has 0 radical (unpaired) electrons. The fourth-order valence-electron chi connectivity index (χ4n) is 1.27. The SMILES string of the molecule is C/C(=C\COC(=O)NS(=O)(=O)NCc1ccccc1)CO. The van der Waals surface area contributed by atoms with Gasteiger partial charge in [-0.3, -0.25) is 0 Å². The molecule has 0 fully saturated rings.